The van der Waals surface area contributed by atoms with E-state index in [1.807, 2.05) is 0 Å². The highest BCUT2D eigenvalue weighted by Crippen LogP contribution is 2.13. The molecule has 1 heterocycles. The topological polar surface area (TPSA) is 61.7 Å². The highest BCUT2D eigenvalue weighted by atomic mass is 35.5. The number of alkyl halides is 1. The van der Waals surface area contributed by atoms with Crippen LogP contribution in [0, 0.1) is 0 Å². The van der Waals surface area contributed by atoms with Gasteiger partial charge >= 0.3 is 5.97 Å². The summed E-state index contributed by atoms with van der Waals surface area (Å²) in [6, 6.07) is 0. The van der Waals surface area contributed by atoms with Crippen molar-refractivity contribution in [3.8, 4) is 0 Å². The lowest BCUT2D eigenvalue weighted by atomic mass is 10.3. The van der Waals surface area contributed by atoms with Gasteiger partial charge in [0.05, 0.1) is 11.9 Å². The second kappa shape index (κ2) is 2.54. The SMILES string of the molecule is CC1=CNC(Cl)(C(=O)O)C=N1. The minimum absolute atomic E-state index is 0.697. The van der Waals surface area contributed by atoms with Crippen LogP contribution in [0.4, 0.5) is 0 Å². The standard InChI is InChI=1S/C6H7ClN2O2/c1-4-2-9-6(7,3-8-4)5(10)11/h2-3,9H,1H3,(H,10,11). The molecule has 0 amide bonds. The molecule has 60 valence electrons. The fourth-order valence-corrected chi connectivity index (χ4v) is 0.695. The van der Waals surface area contributed by atoms with Crippen molar-refractivity contribution >= 4 is 23.8 Å². The van der Waals surface area contributed by atoms with Crippen LogP contribution in [0.2, 0.25) is 0 Å². The second-order valence-corrected chi connectivity index (χ2v) is 2.80. The first-order valence-electron chi connectivity index (χ1n) is 2.96. The number of aliphatic imine (C=N–C) groups is 1. The van der Waals surface area contributed by atoms with Gasteiger partial charge in [0, 0.05) is 6.20 Å². The summed E-state index contributed by atoms with van der Waals surface area (Å²) in [7, 11) is 0. The number of carboxylic acids is 1. The fraction of sp³-hybridized carbons (Fsp3) is 0.333. The lowest BCUT2D eigenvalue weighted by Crippen LogP contribution is -2.47. The lowest BCUT2D eigenvalue weighted by Gasteiger charge is -2.20. The van der Waals surface area contributed by atoms with Crippen LogP contribution in [0.5, 0.6) is 0 Å². The van der Waals surface area contributed by atoms with Crippen molar-refractivity contribution < 1.29 is 9.90 Å². The molecule has 1 aliphatic rings. The Morgan fingerprint density at radius 2 is 2.55 bits per heavy atom. The predicted molar refractivity (Wildman–Crippen MR) is 41.6 cm³/mol. The van der Waals surface area contributed by atoms with Gasteiger partial charge in [-0.25, -0.2) is 4.79 Å². The number of allylic oxidation sites excluding steroid dienone is 1. The molecule has 0 fully saturated rings. The number of carbonyl (C=O) groups is 1. The van der Waals surface area contributed by atoms with E-state index < -0.39 is 11.0 Å². The first kappa shape index (κ1) is 8.07. The van der Waals surface area contributed by atoms with E-state index in [1.54, 1.807) is 6.92 Å². The second-order valence-electron chi connectivity index (χ2n) is 2.21. The van der Waals surface area contributed by atoms with Gasteiger partial charge in [-0.2, -0.15) is 0 Å². The Morgan fingerprint density at radius 1 is 1.91 bits per heavy atom. The van der Waals surface area contributed by atoms with Crippen LogP contribution in [0.25, 0.3) is 0 Å². The number of nitrogens with zero attached hydrogens (tertiary/aromatic N) is 1. The highest BCUT2D eigenvalue weighted by Gasteiger charge is 2.34. The smallest absolute Gasteiger partial charge is 0.351 e. The van der Waals surface area contributed by atoms with Crippen LogP contribution in [-0.4, -0.2) is 22.3 Å². The maximum absolute atomic E-state index is 10.5. The third kappa shape index (κ3) is 1.51. The molecule has 1 unspecified atom stereocenters. The van der Waals surface area contributed by atoms with Gasteiger partial charge in [-0.15, -0.1) is 0 Å². The zero-order valence-corrected chi connectivity index (χ0v) is 6.59. The molecular weight excluding hydrogens is 168 g/mol. The minimum Gasteiger partial charge on any atom is -0.478 e. The van der Waals surface area contributed by atoms with Crippen molar-refractivity contribution in [3.63, 3.8) is 0 Å². The summed E-state index contributed by atoms with van der Waals surface area (Å²) in [4.78, 5) is 12.7. The predicted octanol–water partition coefficient (Wildman–Crippen LogP) is 0.541. The Labute approximate surface area is 68.6 Å². The Balaban J connectivity index is 2.82. The van der Waals surface area contributed by atoms with Crippen LogP contribution in [-0.2, 0) is 4.79 Å². The van der Waals surface area contributed by atoms with E-state index in [1.165, 1.54) is 6.20 Å². The van der Waals surface area contributed by atoms with E-state index in [0.29, 0.717) is 5.70 Å². The lowest BCUT2D eigenvalue weighted by molar-refractivity contribution is -0.138. The zero-order valence-electron chi connectivity index (χ0n) is 5.84. The summed E-state index contributed by atoms with van der Waals surface area (Å²) in [6.45, 7) is 1.74. The van der Waals surface area contributed by atoms with Crippen molar-refractivity contribution in [1.82, 2.24) is 5.32 Å². The largest absolute Gasteiger partial charge is 0.478 e. The Bertz CT molecular complexity index is 249. The van der Waals surface area contributed by atoms with Crippen molar-refractivity contribution in [2.45, 2.75) is 11.9 Å². The molecule has 1 rings (SSSR count). The van der Waals surface area contributed by atoms with Gasteiger partial charge in [-0.3, -0.25) is 4.99 Å². The molecule has 0 bridgehead atoms. The van der Waals surface area contributed by atoms with Gasteiger partial charge in [0.1, 0.15) is 0 Å². The third-order valence-corrected chi connectivity index (χ3v) is 1.62. The van der Waals surface area contributed by atoms with Gasteiger partial charge in [0.2, 0.25) is 5.00 Å². The van der Waals surface area contributed by atoms with E-state index in [4.69, 9.17) is 16.7 Å². The first-order valence-corrected chi connectivity index (χ1v) is 3.34. The van der Waals surface area contributed by atoms with Gasteiger partial charge in [0.25, 0.3) is 0 Å². The molecule has 11 heavy (non-hydrogen) atoms. The van der Waals surface area contributed by atoms with Gasteiger partial charge < -0.3 is 10.4 Å². The maximum Gasteiger partial charge on any atom is 0.351 e. The van der Waals surface area contributed by atoms with Crippen LogP contribution < -0.4 is 5.32 Å². The molecule has 0 aliphatic carbocycles. The van der Waals surface area contributed by atoms with E-state index in [0.717, 1.165) is 6.21 Å². The van der Waals surface area contributed by atoms with Crippen LogP contribution in [0.1, 0.15) is 6.92 Å². The molecule has 0 aromatic heterocycles. The summed E-state index contributed by atoms with van der Waals surface area (Å²) < 4.78 is 0. The number of nitrogens with one attached hydrogen (secondary N) is 1. The van der Waals surface area contributed by atoms with Crippen molar-refractivity contribution in [1.29, 1.82) is 0 Å². The summed E-state index contributed by atoms with van der Waals surface area (Å²) >= 11 is 5.57. The number of rotatable bonds is 1. The molecule has 0 aromatic rings. The number of hydrogen-bond donors (Lipinski definition) is 2. The molecule has 1 atom stereocenters. The van der Waals surface area contributed by atoms with Crippen molar-refractivity contribution in [2.24, 2.45) is 4.99 Å². The first-order chi connectivity index (χ1) is 5.04. The van der Waals surface area contributed by atoms with Crippen molar-refractivity contribution in [3.05, 3.63) is 11.9 Å². The average molecular weight is 175 g/mol. The zero-order chi connectivity index (χ0) is 8.48. The van der Waals surface area contributed by atoms with Crippen LogP contribution >= 0.6 is 11.6 Å². The number of halogens is 1. The monoisotopic (exact) mass is 174 g/mol. The number of aliphatic carboxylic acids is 1. The molecule has 0 aromatic carbocycles. The summed E-state index contributed by atoms with van der Waals surface area (Å²) in [5, 5.41) is 11.1. The van der Waals surface area contributed by atoms with Gasteiger partial charge in [0.15, 0.2) is 0 Å². The third-order valence-electron chi connectivity index (χ3n) is 1.25. The Kier molecular flexibility index (Phi) is 1.87. The van der Waals surface area contributed by atoms with Crippen molar-refractivity contribution in [2.75, 3.05) is 0 Å². The Hall–Kier alpha value is -1.03. The normalized spacial score (nSPS) is 29.1. The average Bonchev–Trinajstić information content (AvgIpc) is 1.95. The molecule has 0 saturated carbocycles. The molecule has 2 N–H and O–H groups in total. The number of hydrogen-bond acceptors (Lipinski definition) is 3. The van der Waals surface area contributed by atoms with E-state index in [9.17, 15) is 4.79 Å². The van der Waals surface area contributed by atoms with Gasteiger partial charge in [-0.05, 0) is 6.92 Å². The molecule has 0 saturated heterocycles. The van der Waals surface area contributed by atoms with E-state index in [2.05, 4.69) is 10.3 Å². The molecule has 1 aliphatic heterocycles. The number of carboxylic acid groups (broad SMARTS) is 1. The molecule has 5 heteroatoms. The summed E-state index contributed by atoms with van der Waals surface area (Å²) in [5.74, 6) is -1.16. The van der Waals surface area contributed by atoms with E-state index in [-0.39, 0.29) is 0 Å². The molecule has 0 spiro atoms. The van der Waals surface area contributed by atoms with Crippen LogP contribution in [0.15, 0.2) is 16.9 Å². The summed E-state index contributed by atoms with van der Waals surface area (Å²) in [6.07, 6.45) is 2.62. The fourth-order valence-electron chi connectivity index (χ4n) is 0.592. The minimum atomic E-state index is -1.57. The molecule has 4 nitrogen and oxygen atoms in total. The van der Waals surface area contributed by atoms with Gasteiger partial charge in [-0.1, -0.05) is 11.6 Å². The summed E-state index contributed by atoms with van der Waals surface area (Å²) in [5.41, 5.74) is 0.697. The molecular formula is C6H7ClN2O2. The Morgan fingerprint density at radius 3 is 2.91 bits per heavy atom. The highest BCUT2D eigenvalue weighted by molar-refractivity contribution is 6.42. The maximum atomic E-state index is 10.5. The quantitative estimate of drug-likeness (QED) is 0.451. The van der Waals surface area contributed by atoms with Crippen LogP contribution in [0.3, 0.4) is 0 Å². The molecule has 0 radical (unpaired) electrons. The van der Waals surface area contributed by atoms with E-state index >= 15 is 0 Å².